The van der Waals surface area contributed by atoms with Crippen molar-refractivity contribution in [3.8, 4) is 11.5 Å². The van der Waals surface area contributed by atoms with Crippen molar-refractivity contribution in [2.45, 2.75) is 63.6 Å². The third kappa shape index (κ3) is 3.91. The van der Waals surface area contributed by atoms with Crippen molar-refractivity contribution in [1.29, 1.82) is 0 Å². The van der Waals surface area contributed by atoms with Crippen LogP contribution in [-0.4, -0.2) is 33.5 Å². The zero-order valence-electron chi connectivity index (χ0n) is 16.9. The molecule has 0 bridgehead atoms. The number of amides is 2. The molecule has 0 saturated heterocycles. The van der Waals surface area contributed by atoms with Crippen molar-refractivity contribution < 1.29 is 14.3 Å². The number of nitrogens with zero attached hydrogens (tertiary/aromatic N) is 3. The summed E-state index contributed by atoms with van der Waals surface area (Å²) in [7, 11) is 2.01. The fourth-order valence-corrected chi connectivity index (χ4v) is 4.47. The highest BCUT2D eigenvalue weighted by atomic mass is 16.7. The molecule has 29 heavy (non-hydrogen) atoms. The van der Waals surface area contributed by atoms with Gasteiger partial charge in [0.1, 0.15) is 0 Å². The second-order valence-electron chi connectivity index (χ2n) is 8.37. The van der Waals surface area contributed by atoms with E-state index >= 15 is 0 Å². The first-order chi connectivity index (χ1) is 14.2. The van der Waals surface area contributed by atoms with Gasteiger partial charge in [0.2, 0.25) is 6.79 Å². The van der Waals surface area contributed by atoms with Crippen LogP contribution in [-0.2, 0) is 20.1 Å². The zero-order chi connectivity index (χ0) is 19.8. The summed E-state index contributed by atoms with van der Waals surface area (Å²) in [6.07, 6.45) is 7.01. The number of ether oxygens (including phenoxy) is 2. The summed E-state index contributed by atoms with van der Waals surface area (Å²) in [5.41, 5.74) is 3.29. The van der Waals surface area contributed by atoms with E-state index in [4.69, 9.17) is 9.47 Å². The van der Waals surface area contributed by atoms with Crippen LogP contribution in [0.2, 0.25) is 0 Å². The molecule has 2 amide bonds. The van der Waals surface area contributed by atoms with Crippen LogP contribution in [0.4, 0.5) is 4.79 Å². The SMILES string of the molecule is Cn1nc(CN(C(=O)NCc2ccc3c(c2)OCO3)C2CCCC2)cc1C1CC1. The Labute approximate surface area is 171 Å². The Hall–Kier alpha value is -2.70. The molecule has 1 aromatic heterocycles. The first-order valence-corrected chi connectivity index (χ1v) is 10.6. The van der Waals surface area contributed by atoms with Crippen LogP contribution in [0.15, 0.2) is 24.3 Å². The average molecular weight is 396 g/mol. The molecular formula is C22H28N4O3. The highest BCUT2D eigenvalue weighted by molar-refractivity contribution is 5.74. The fraction of sp³-hybridized carbons (Fsp3) is 0.545. The predicted molar refractivity (Wildman–Crippen MR) is 108 cm³/mol. The molecule has 2 fully saturated rings. The monoisotopic (exact) mass is 396 g/mol. The molecule has 2 heterocycles. The second-order valence-corrected chi connectivity index (χ2v) is 8.37. The molecule has 0 radical (unpaired) electrons. The Morgan fingerprint density at radius 2 is 1.97 bits per heavy atom. The normalized spacial score (nSPS) is 18.2. The summed E-state index contributed by atoms with van der Waals surface area (Å²) in [4.78, 5) is 15.1. The van der Waals surface area contributed by atoms with Gasteiger partial charge in [-0.25, -0.2) is 4.79 Å². The second kappa shape index (κ2) is 7.61. The van der Waals surface area contributed by atoms with Crippen molar-refractivity contribution in [2.75, 3.05) is 6.79 Å². The number of hydrogen-bond acceptors (Lipinski definition) is 4. The summed E-state index contributed by atoms with van der Waals surface area (Å²) in [5.74, 6) is 2.15. The zero-order valence-corrected chi connectivity index (χ0v) is 16.9. The van der Waals surface area contributed by atoms with Gasteiger partial charge in [-0.3, -0.25) is 4.68 Å². The molecule has 1 aromatic carbocycles. The Morgan fingerprint density at radius 3 is 2.76 bits per heavy atom. The highest BCUT2D eigenvalue weighted by Gasteiger charge is 2.30. The van der Waals surface area contributed by atoms with Crippen LogP contribution in [0.5, 0.6) is 11.5 Å². The summed E-state index contributed by atoms with van der Waals surface area (Å²) in [6, 6.07) is 8.25. The Bertz CT molecular complexity index is 899. The molecule has 2 saturated carbocycles. The van der Waals surface area contributed by atoms with Crippen LogP contribution < -0.4 is 14.8 Å². The minimum atomic E-state index is -0.0202. The first kappa shape index (κ1) is 18.3. The molecule has 0 spiro atoms. The third-order valence-electron chi connectivity index (χ3n) is 6.20. The maximum Gasteiger partial charge on any atom is 0.318 e. The lowest BCUT2D eigenvalue weighted by Crippen LogP contribution is -2.44. The smallest absolute Gasteiger partial charge is 0.318 e. The number of carbonyl (C=O) groups excluding carboxylic acids is 1. The number of rotatable bonds is 6. The quantitative estimate of drug-likeness (QED) is 0.809. The lowest BCUT2D eigenvalue weighted by atomic mass is 10.2. The van der Waals surface area contributed by atoms with Crippen LogP contribution in [0.1, 0.15) is 61.4 Å². The van der Waals surface area contributed by atoms with Crippen LogP contribution in [0, 0.1) is 0 Å². The van der Waals surface area contributed by atoms with E-state index in [1.54, 1.807) is 0 Å². The van der Waals surface area contributed by atoms with E-state index in [1.807, 2.05) is 34.8 Å². The molecule has 2 aromatic rings. The molecule has 1 N–H and O–H groups in total. The molecule has 2 aliphatic carbocycles. The Kier molecular flexibility index (Phi) is 4.81. The van der Waals surface area contributed by atoms with Crippen LogP contribution in [0.3, 0.4) is 0 Å². The van der Waals surface area contributed by atoms with Gasteiger partial charge in [-0.1, -0.05) is 18.9 Å². The van der Waals surface area contributed by atoms with Gasteiger partial charge in [-0.2, -0.15) is 5.10 Å². The molecule has 154 valence electrons. The number of nitrogens with one attached hydrogen (secondary N) is 1. The molecule has 7 heteroatoms. The van der Waals surface area contributed by atoms with Gasteiger partial charge >= 0.3 is 6.03 Å². The number of carbonyl (C=O) groups is 1. The van der Waals surface area contributed by atoms with Crippen molar-refractivity contribution in [3.05, 3.63) is 41.2 Å². The van der Waals surface area contributed by atoms with Crippen LogP contribution >= 0.6 is 0 Å². The number of benzene rings is 1. The van der Waals surface area contributed by atoms with Gasteiger partial charge in [0, 0.05) is 31.2 Å². The summed E-state index contributed by atoms with van der Waals surface area (Å²) in [6.45, 7) is 1.29. The molecule has 3 aliphatic rings. The maximum absolute atomic E-state index is 13.1. The molecule has 0 atom stereocenters. The lowest BCUT2D eigenvalue weighted by molar-refractivity contribution is 0.169. The van der Waals surface area contributed by atoms with Gasteiger partial charge in [0.15, 0.2) is 11.5 Å². The third-order valence-corrected chi connectivity index (χ3v) is 6.20. The number of aromatic nitrogens is 2. The molecular weight excluding hydrogens is 368 g/mol. The predicted octanol–water partition coefficient (Wildman–Crippen LogP) is 3.68. The number of aryl methyl sites for hydroxylation is 1. The maximum atomic E-state index is 13.1. The fourth-order valence-electron chi connectivity index (χ4n) is 4.47. The molecule has 5 rings (SSSR count). The molecule has 1 aliphatic heterocycles. The van der Waals surface area contributed by atoms with Crippen molar-refractivity contribution in [1.82, 2.24) is 20.0 Å². The number of fused-ring (bicyclic) bond motifs is 1. The van der Waals surface area contributed by atoms with E-state index in [9.17, 15) is 4.79 Å². The minimum Gasteiger partial charge on any atom is -0.454 e. The van der Waals surface area contributed by atoms with E-state index in [-0.39, 0.29) is 18.9 Å². The van der Waals surface area contributed by atoms with Crippen molar-refractivity contribution >= 4 is 6.03 Å². The van der Waals surface area contributed by atoms with Crippen molar-refractivity contribution in [2.24, 2.45) is 7.05 Å². The van der Waals surface area contributed by atoms with Crippen LogP contribution in [0.25, 0.3) is 0 Å². The number of hydrogen-bond donors (Lipinski definition) is 1. The Balaban J connectivity index is 1.27. The van der Waals surface area contributed by atoms with Crippen molar-refractivity contribution in [3.63, 3.8) is 0 Å². The van der Waals surface area contributed by atoms with E-state index in [0.29, 0.717) is 19.0 Å². The standard InChI is InChI=1S/C22H28N4O3/c1-25-19(16-7-8-16)11-17(24-25)13-26(18-4-2-3-5-18)22(27)23-12-15-6-9-20-21(10-15)29-14-28-20/h6,9-11,16,18H,2-5,7-8,12-14H2,1H3,(H,23,27). The van der Waals surface area contributed by atoms with E-state index in [1.165, 1.54) is 31.4 Å². The van der Waals surface area contributed by atoms with Gasteiger partial charge in [0.05, 0.1) is 12.2 Å². The highest BCUT2D eigenvalue weighted by Crippen LogP contribution is 2.40. The summed E-state index contributed by atoms with van der Waals surface area (Å²) >= 11 is 0. The van der Waals surface area contributed by atoms with Gasteiger partial charge < -0.3 is 19.7 Å². The topological polar surface area (TPSA) is 68.6 Å². The van der Waals surface area contributed by atoms with E-state index in [2.05, 4.69) is 16.5 Å². The van der Waals surface area contributed by atoms with Gasteiger partial charge in [-0.05, 0) is 49.4 Å². The lowest BCUT2D eigenvalue weighted by Gasteiger charge is -2.28. The van der Waals surface area contributed by atoms with E-state index < -0.39 is 0 Å². The average Bonchev–Trinajstić information content (AvgIpc) is 3.10. The van der Waals surface area contributed by atoms with Gasteiger partial charge in [-0.15, -0.1) is 0 Å². The summed E-state index contributed by atoms with van der Waals surface area (Å²) < 4.78 is 12.8. The Morgan fingerprint density at radius 1 is 1.17 bits per heavy atom. The molecule has 7 nitrogen and oxygen atoms in total. The number of urea groups is 1. The largest absolute Gasteiger partial charge is 0.454 e. The van der Waals surface area contributed by atoms with Gasteiger partial charge in [0.25, 0.3) is 0 Å². The summed E-state index contributed by atoms with van der Waals surface area (Å²) in [5, 5.41) is 7.79. The molecule has 0 unspecified atom stereocenters. The minimum absolute atomic E-state index is 0.0202. The first-order valence-electron chi connectivity index (χ1n) is 10.6. The van der Waals surface area contributed by atoms with E-state index in [0.717, 1.165) is 35.6 Å².